The second-order valence-electron chi connectivity index (χ2n) is 8.38. The van der Waals surface area contributed by atoms with Crippen LogP contribution in [0, 0.1) is 6.92 Å². The van der Waals surface area contributed by atoms with Crippen molar-refractivity contribution in [2.75, 3.05) is 10.6 Å². The van der Waals surface area contributed by atoms with Crippen LogP contribution in [0.15, 0.2) is 85.3 Å². The molecule has 0 aliphatic rings. The molecule has 200 valence electrons. The van der Waals surface area contributed by atoms with Crippen molar-refractivity contribution < 1.29 is 23.0 Å². The first-order valence-corrected chi connectivity index (χ1v) is 11.9. The Labute approximate surface area is 225 Å². The van der Waals surface area contributed by atoms with Gasteiger partial charge in [-0.2, -0.15) is 5.10 Å². The van der Waals surface area contributed by atoms with E-state index in [-0.39, 0.29) is 5.75 Å². The van der Waals surface area contributed by atoms with E-state index in [1.165, 1.54) is 35.3 Å². The number of halogens is 4. The quantitative estimate of drug-likeness (QED) is 0.209. The van der Waals surface area contributed by atoms with Crippen LogP contribution in [0.25, 0.3) is 22.8 Å². The molecule has 5 aromatic rings. The number of aromatic nitrogens is 5. The lowest BCUT2D eigenvalue weighted by atomic mass is 10.2. The molecule has 0 saturated heterocycles. The van der Waals surface area contributed by atoms with Gasteiger partial charge in [-0.3, -0.25) is 0 Å². The molecule has 13 heteroatoms. The lowest BCUT2D eigenvalue weighted by Crippen LogP contribution is -2.29. The lowest BCUT2D eigenvalue weighted by molar-refractivity contribution is -0.274. The van der Waals surface area contributed by atoms with E-state index in [1.54, 1.807) is 47.3 Å². The number of hydrogen-bond acceptors (Lipinski definition) is 7. The summed E-state index contributed by atoms with van der Waals surface area (Å²) in [5.41, 5.74) is 3.60. The molecule has 0 radical (unpaired) electrons. The fraction of sp³-hybridized carbons (Fsp3) is 0.115. The molecule has 2 aromatic heterocycles. The minimum Gasteiger partial charge on any atom is -0.406 e. The Morgan fingerprint density at radius 1 is 0.974 bits per heavy atom. The number of hydrogen-bond donors (Lipinski definition) is 3. The Bertz CT molecular complexity index is 1570. The van der Waals surface area contributed by atoms with Gasteiger partial charge in [0.1, 0.15) is 17.9 Å². The van der Waals surface area contributed by atoms with E-state index >= 15 is 0 Å². The number of aliphatic hydroxyl groups excluding tert-OH is 1. The van der Waals surface area contributed by atoms with Crippen molar-refractivity contribution >= 4 is 23.1 Å². The van der Waals surface area contributed by atoms with Crippen molar-refractivity contribution in [3.05, 3.63) is 95.9 Å². The zero-order valence-corrected chi connectivity index (χ0v) is 21.0. The van der Waals surface area contributed by atoms with E-state index in [0.717, 1.165) is 11.3 Å². The Balaban J connectivity index is 1.22. The minimum absolute atomic E-state index is 0.323. The van der Waals surface area contributed by atoms with Gasteiger partial charge in [-0.05, 0) is 79.2 Å². The van der Waals surface area contributed by atoms with Crippen LogP contribution in [0.3, 0.4) is 0 Å². The Kier molecular flexibility index (Phi) is 7.13. The second-order valence-corrected chi connectivity index (χ2v) is 8.82. The zero-order valence-electron chi connectivity index (χ0n) is 20.3. The van der Waals surface area contributed by atoms with Crippen molar-refractivity contribution in [3.63, 3.8) is 0 Å². The highest BCUT2D eigenvalue weighted by molar-refractivity contribution is 6.30. The Morgan fingerprint density at radius 3 is 2.41 bits per heavy atom. The maximum atomic E-state index is 12.4. The fourth-order valence-corrected chi connectivity index (χ4v) is 4.06. The summed E-state index contributed by atoms with van der Waals surface area (Å²) in [6.07, 6.45) is -2.80. The third-order valence-corrected chi connectivity index (χ3v) is 5.82. The molecule has 1 atom stereocenters. The Morgan fingerprint density at radius 2 is 1.72 bits per heavy atom. The maximum absolute atomic E-state index is 12.4. The summed E-state index contributed by atoms with van der Waals surface area (Å²) in [5.74, 6) is 0.666. The molecule has 0 aliphatic heterocycles. The number of alkyl halides is 3. The highest BCUT2D eigenvalue weighted by Crippen LogP contribution is 2.25. The van der Waals surface area contributed by atoms with E-state index in [0.29, 0.717) is 33.6 Å². The molecule has 0 spiro atoms. The number of aryl methyl sites for hydroxylation is 1. The van der Waals surface area contributed by atoms with Gasteiger partial charge in [0.25, 0.3) is 0 Å². The van der Waals surface area contributed by atoms with Crippen molar-refractivity contribution in [1.82, 2.24) is 24.5 Å². The van der Waals surface area contributed by atoms with Crippen LogP contribution >= 0.6 is 11.6 Å². The highest BCUT2D eigenvalue weighted by atomic mass is 35.5. The molecule has 0 aliphatic carbocycles. The van der Waals surface area contributed by atoms with Crippen LogP contribution in [-0.2, 0) is 0 Å². The van der Waals surface area contributed by atoms with Gasteiger partial charge in [-0.1, -0.05) is 11.6 Å². The van der Waals surface area contributed by atoms with E-state index in [1.807, 2.05) is 19.1 Å². The fourth-order valence-electron chi connectivity index (χ4n) is 3.83. The molecule has 3 N–H and O–H groups in total. The number of nitrogens with zero attached hydrogens (tertiary/aromatic N) is 5. The second kappa shape index (κ2) is 10.7. The van der Waals surface area contributed by atoms with Crippen molar-refractivity contribution in [2.24, 2.45) is 0 Å². The van der Waals surface area contributed by atoms with Gasteiger partial charge in [0.05, 0.1) is 17.6 Å². The smallest absolute Gasteiger partial charge is 0.406 e. The molecule has 0 bridgehead atoms. The predicted molar refractivity (Wildman–Crippen MR) is 140 cm³/mol. The van der Waals surface area contributed by atoms with Gasteiger partial charge in [0.15, 0.2) is 5.82 Å². The summed E-state index contributed by atoms with van der Waals surface area (Å²) in [4.78, 5) is 4.28. The summed E-state index contributed by atoms with van der Waals surface area (Å²) >= 11 is 6.06. The molecular formula is C26H21ClF3N7O2. The molecule has 0 fully saturated rings. The van der Waals surface area contributed by atoms with Gasteiger partial charge < -0.3 is 20.5 Å². The largest absolute Gasteiger partial charge is 0.573 e. The molecule has 5 rings (SSSR count). The molecule has 3 aromatic carbocycles. The van der Waals surface area contributed by atoms with Crippen molar-refractivity contribution in [1.29, 1.82) is 0 Å². The van der Waals surface area contributed by atoms with Gasteiger partial charge in [0, 0.05) is 22.3 Å². The minimum atomic E-state index is -4.76. The van der Waals surface area contributed by atoms with Gasteiger partial charge in [-0.25, -0.2) is 14.3 Å². The zero-order chi connectivity index (χ0) is 27.6. The predicted octanol–water partition coefficient (Wildman–Crippen LogP) is 5.78. The summed E-state index contributed by atoms with van der Waals surface area (Å²) in [6, 6.07) is 19.5. The normalized spacial score (nSPS) is 12.3. The SMILES string of the molecule is Cc1cc(Cl)ccc1-n1nccc1NC(O)Nc1ccc(-c2ncn(-c3ccc(OC(F)(F)F)cc3)n2)cc1. The van der Waals surface area contributed by atoms with Crippen molar-refractivity contribution in [3.8, 4) is 28.5 Å². The van der Waals surface area contributed by atoms with Crippen LogP contribution in [0.4, 0.5) is 24.7 Å². The highest BCUT2D eigenvalue weighted by Gasteiger charge is 2.31. The molecule has 0 amide bonds. The van der Waals surface area contributed by atoms with E-state index in [2.05, 4.69) is 30.6 Å². The number of aliphatic hydroxyl groups is 1. The third-order valence-electron chi connectivity index (χ3n) is 5.59. The van der Waals surface area contributed by atoms with E-state index < -0.39 is 12.7 Å². The molecule has 9 nitrogen and oxygen atoms in total. The van der Waals surface area contributed by atoms with Crippen molar-refractivity contribution in [2.45, 2.75) is 19.6 Å². The number of ether oxygens (including phenoxy) is 1. The van der Waals surface area contributed by atoms with Crippen LogP contribution < -0.4 is 15.4 Å². The summed E-state index contributed by atoms with van der Waals surface area (Å²) < 4.78 is 44.1. The van der Waals surface area contributed by atoms with E-state index in [9.17, 15) is 18.3 Å². The lowest BCUT2D eigenvalue weighted by Gasteiger charge is -2.18. The van der Waals surface area contributed by atoms with Gasteiger partial charge >= 0.3 is 6.36 Å². The van der Waals surface area contributed by atoms with Crippen LogP contribution in [0.5, 0.6) is 5.75 Å². The summed E-state index contributed by atoms with van der Waals surface area (Å²) in [5, 5.41) is 25.8. The first-order chi connectivity index (χ1) is 18.6. The topological polar surface area (TPSA) is 102 Å². The molecular weight excluding hydrogens is 535 g/mol. The van der Waals surface area contributed by atoms with Gasteiger partial charge in [-0.15, -0.1) is 18.3 Å². The Hall–Kier alpha value is -4.55. The number of anilines is 2. The number of nitrogens with one attached hydrogen (secondary N) is 2. The first kappa shape index (κ1) is 26.1. The third kappa shape index (κ3) is 6.30. The average molecular weight is 556 g/mol. The summed E-state index contributed by atoms with van der Waals surface area (Å²) in [7, 11) is 0. The van der Waals surface area contributed by atoms with Gasteiger partial charge in [0.2, 0.25) is 6.35 Å². The average Bonchev–Trinajstić information content (AvgIpc) is 3.54. The monoisotopic (exact) mass is 555 g/mol. The first-order valence-electron chi connectivity index (χ1n) is 11.5. The van der Waals surface area contributed by atoms with E-state index in [4.69, 9.17) is 11.6 Å². The van der Waals surface area contributed by atoms with Crippen LogP contribution in [-0.4, -0.2) is 42.4 Å². The summed E-state index contributed by atoms with van der Waals surface area (Å²) in [6.45, 7) is 1.92. The molecule has 39 heavy (non-hydrogen) atoms. The van der Waals surface area contributed by atoms with Crippen LogP contribution in [0.2, 0.25) is 5.02 Å². The maximum Gasteiger partial charge on any atom is 0.573 e. The molecule has 1 unspecified atom stereocenters. The molecule has 0 saturated carbocycles. The molecule has 2 heterocycles. The standard InChI is InChI=1S/C26H21ClF3N7O2/c1-16-14-18(27)4-11-22(16)37-23(12-13-32-37)34-25(38)33-19-5-2-17(3-6-19)24-31-15-36(35-24)20-7-9-21(10-8-20)39-26(28,29)30/h2-15,25,33-34,38H,1H3. The van der Waals surface area contributed by atoms with Crippen LogP contribution in [0.1, 0.15) is 5.56 Å². The number of rotatable bonds is 8. The number of benzene rings is 3.